The first-order valence-corrected chi connectivity index (χ1v) is 3.90. The standard InChI is InChI=1S/C6H5BrN4/c7-3-1-4-5(8)10-11-6(4)9-2-3/h1-2,6,8-9H/t6-/m0/s1. The molecular formula is C6H5BrN4. The third-order valence-corrected chi connectivity index (χ3v) is 1.97. The van der Waals surface area contributed by atoms with Crippen LogP contribution in [0.3, 0.4) is 0 Å². The van der Waals surface area contributed by atoms with E-state index in [1.807, 2.05) is 6.08 Å². The van der Waals surface area contributed by atoms with Gasteiger partial charge in [-0.05, 0) is 22.0 Å². The molecule has 0 aromatic carbocycles. The summed E-state index contributed by atoms with van der Waals surface area (Å²) in [4.78, 5) is 0. The van der Waals surface area contributed by atoms with E-state index >= 15 is 0 Å². The molecule has 0 amide bonds. The maximum absolute atomic E-state index is 7.35. The first kappa shape index (κ1) is 6.72. The van der Waals surface area contributed by atoms with Gasteiger partial charge in [0, 0.05) is 16.3 Å². The van der Waals surface area contributed by atoms with Gasteiger partial charge in [0.1, 0.15) is 0 Å². The van der Waals surface area contributed by atoms with Gasteiger partial charge in [0.25, 0.3) is 0 Å². The van der Waals surface area contributed by atoms with Gasteiger partial charge in [0.05, 0.1) is 0 Å². The van der Waals surface area contributed by atoms with E-state index < -0.39 is 0 Å². The van der Waals surface area contributed by atoms with Gasteiger partial charge in [0.15, 0.2) is 12.0 Å². The summed E-state index contributed by atoms with van der Waals surface area (Å²) in [6, 6.07) is 0. The third-order valence-electron chi connectivity index (χ3n) is 1.51. The topological polar surface area (TPSA) is 60.6 Å². The number of dihydropyridines is 1. The van der Waals surface area contributed by atoms with E-state index in [0.717, 1.165) is 10.1 Å². The van der Waals surface area contributed by atoms with Crippen molar-refractivity contribution in [3.05, 3.63) is 22.3 Å². The van der Waals surface area contributed by atoms with Gasteiger partial charge in [-0.1, -0.05) is 0 Å². The molecule has 2 aliphatic rings. The van der Waals surface area contributed by atoms with Crippen LogP contribution in [-0.2, 0) is 0 Å². The quantitative estimate of drug-likeness (QED) is 0.629. The Morgan fingerprint density at radius 1 is 1.64 bits per heavy atom. The lowest BCUT2D eigenvalue weighted by molar-refractivity contribution is 0.704. The first-order valence-electron chi connectivity index (χ1n) is 3.10. The van der Waals surface area contributed by atoms with Crippen LogP contribution in [-0.4, -0.2) is 12.0 Å². The number of hydrogen-bond acceptors (Lipinski definition) is 3. The molecule has 0 aliphatic carbocycles. The molecule has 2 N–H and O–H groups in total. The SMILES string of the molecule is N=C1N=N[C@@H]2NC=C(Br)C=C12. The Morgan fingerprint density at radius 3 is 3.27 bits per heavy atom. The van der Waals surface area contributed by atoms with Crippen molar-refractivity contribution in [1.82, 2.24) is 5.32 Å². The minimum atomic E-state index is -0.135. The molecule has 0 fully saturated rings. The van der Waals surface area contributed by atoms with E-state index in [4.69, 9.17) is 5.41 Å². The van der Waals surface area contributed by atoms with Gasteiger partial charge >= 0.3 is 0 Å². The second-order valence-corrected chi connectivity index (χ2v) is 3.18. The number of halogens is 1. The highest BCUT2D eigenvalue weighted by molar-refractivity contribution is 9.11. The van der Waals surface area contributed by atoms with Crippen molar-refractivity contribution in [3.63, 3.8) is 0 Å². The fourth-order valence-electron chi connectivity index (χ4n) is 0.984. The highest BCUT2D eigenvalue weighted by atomic mass is 79.9. The van der Waals surface area contributed by atoms with E-state index in [1.165, 1.54) is 0 Å². The summed E-state index contributed by atoms with van der Waals surface area (Å²) in [6.07, 6.45) is 3.51. The molecule has 5 heteroatoms. The maximum atomic E-state index is 7.35. The Bertz CT molecular complexity index is 302. The molecule has 0 radical (unpaired) electrons. The summed E-state index contributed by atoms with van der Waals surface area (Å²) in [6.45, 7) is 0. The molecule has 2 rings (SSSR count). The Hall–Kier alpha value is -0.970. The van der Waals surface area contributed by atoms with E-state index in [2.05, 4.69) is 31.5 Å². The van der Waals surface area contributed by atoms with Gasteiger partial charge in [-0.15, -0.1) is 5.11 Å². The number of nitrogens with zero attached hydrogens (tertiary/aromatic N) is 2. The predicted molar refractivity (Wildman–Crippen MR) is 44.6 cm³/mol. The summed E-state index contributed by atoms with van der Waals surface area (Å²) in [5.74, 6) is 0.243. The number of amidine groups is 1. The second-order valence-electron chi connectivity index (χ2n) is 2.26. The van der Waals surface area contributed by atoms with Crippen molar-refractivity contribution in [2.24, 2.45) is 10.2 Å². The summed E-state index contributed by atoms with van der Waals surface area (Å²) >= 11 is 3.29. The van der Waals surface area contributed by atoms with Gasteiger partial charge < -0.3 is 5.32 Å². The van der Waals surface area contributed by atoms with Gasteiger partial charge in [-0.3, -0.25) is 5.41 Å². The van der Waals surface area contributed by atoms with Crippen LogP contribution in [0.5, 0.6) is 0 Å². The zero-order chi connectivity index (χ0) is 7.84. The average Bonchev–Trinajstić information content (AvgIpc) is 2.33. The van der Waals surface area contributed by atoms with Crippen molar-refractivity contribution < 1.29 is 0 Å². The predicted octanol–water partition coefficient (Wildman–Crippen LogP) is 1.52. The smallest absolute Gasteiger partial charge is 0.174 e. The molecule has 0 saturated heterocycles. The lowest BCUT2D eigenvalue weighted by Crippen LogP contribution is -2.26. The van der Waals surface area contributed by atoms with Crippen LogP contribution >= 0.6 is 15.9 Å². The molecule has 0 bridgehead atoms. The minimum absolute atomic E-state index is 0.135. The molecule has 2 heterocycles. The number of nitrogens with one attached hydrogen (secondary N) is 2. The molecule has 0 unspecified atom stereocenters. The number of rotatable bonds is 0. The largest absolute Gasteiger partial charge is 0.364 e. The Balaban J connectivity index is 2.39. The molecule has 0 aromatic heterocycles. The van der Waals surface area contributed by atoms with E-state index in [-0.39, 0.29) is 12.0 Å². The van der Waals surface area contributed by atoms with E-state index in [9.17, 15) is 0 Å². The summed E-state index contributed by atoms with van der Waals surface area (Å²) in [5.41, 5.74) is 0.819. The van der Waals surface area contributed by atoms with Crippen LogP contribution in [0.1, 0.15) is 0 Å². The normalized spacial score (nSPS) is 27.4. The molecule has 0 aromatic rings. The van der Waals surface area contributed by atoms with Crippen LogP contribution in [0, 0.1) is 5.41 Å². The Kier molecular flexibility index (Phi) is 1.38. The Morgan fingerprint density at radius 2 is 2.45 bits per heavy atom. The number of azo groups is 1. The lowest BCUT2D eigenvalue weighted by Gasteiger charge is -2.12. The monoisotopic (exact) mass is 212 g/mol. The van der Waals surface area contributed by atoms with Crippen LogP contribution in [0.2, 0.25) is 0 Å². The molecule has 1 atom stereocenters. The summed E-state index contributed by atoms with van der Waals surface area (Å²) < 4.78 is 0.917. The average molecular weight is 213 g/mol. The molecule has 0 spiro atoms. The van der Waals surface area contributed by atoms with Crippen LogP contribution in [0.4, 0.5) is 0 Å². The number of hydrogen-bond donors (Lipinski definition) is 2. The van der Waals surface area contributed by atoms with Crippen molar-refractivity contribution in [3.8, 4) is 0 Å². The molecule has 4 nitrogen and oxygen atoms in total. The van der Waals surface area contributed by atoms with Crippen LogP contribution in [0.15, 0.2) is 32.6 Å². The van der Waals surface area contributed by atoms with Gasteiger partial charge in [-0.2, -0.15) is 5.11 Å². The van der Waals surface area contributed by atoms with Crippen molar-refractivity contribution in [1.29, 1.82) is 5.41 Å². The van der Waals surface area contributed by atoms with Crippen LogP contribution < -0.4 is 5.32 Å². The zero-order valence-electron chi connectivity index (χ0n) is 5.50. The van der Waals surface area contributed by atoms with E-state index in [1.54, 1.807) is 6.20 Å². The molecule has 2 aliphatic heterocycles. The lowest BCUT2D eigenvalue weighted by atomic mass is 10.1. The van der Waals surface area contributed by atoms with Crippen molar-refractivity contribution >= 4 is 21.8 Å². The van der Waals surface area contributed by atoms with Gasteiger partial charge in [0.2, 0.25) is 0 Å². The summed E-state index contributed by atoms with van der Waals surface area (Å²) in [7, 11) is 0. The second kappa shape index (κ2) is 2.27. The number of allylic oxidation sites excluding steroid dienone is 2. The highest BCUT2D eigenvalue weighted by Crippen LogP contribution is 2.23. The Labute approximate surface area is 71.7 Å². The maximum Gasteiger partial charge on any atom is 0.174 e. The van der Waals surface area contributed by atoms with Gasteiger partial charge in [-0.25, -0.2) is 0 Å². The van der Waals surface area contributed by atoms with E-state index in [0.29, 0.717) is 0 Å². The van der Waals surface area contributed by atoms with Crippen LogP contribution in [0.25, 0.3) is 0 Å². The molecule has 0 saturated carbocycles. The fraction of sp³-hybridized carbons (Fsp3) is 0.167. The minimum Gasteiger partial charge on any atom is -0.364 e. The number of fused-ring (bicyclic) bond motifs is 1. The van der Waals surface area contributed by atoms with Crippen molar-refractivity contribution in [2.45, 2.75) is 6.17 Å². The third kappa shape index (κ3) is 1.01. The molecule has 56 valence electrons. The fourth-order valence-corrected chi connectivity index (χ4v) is 1.36. The first-order chi connectivity index (χ1) is 5.27. The highest BCUT2D eigenvalue weighted by Gasteiger charge is 2.24. The molecular weight excluding hydrogens is 208 g/mol. The molecule has 11 heavy (non-hydrogen) atoms. The summed E-state index contributed by atoms with van der Waals surface area (Å²) in [5, 5.41) is 17.8. The zero-order valence-corrected chi connectivity index (χ0v) is 7.09. The van der Waals surface area contributed by atoms with Crippen molar-refractivity contribution in [2.75, 3.05) is 0 Å².